The van der Waals surface area contributed by atoms with E-state index in [2.05, 4.69) is 25.8 Å². The van der Waals surface area contributed by atoms with E-state index >= 15 is 0 Å². The van der Waals surface area contributed by atoms with Gasteiger partial charge in [0.15, 0.2) is 0 Å². The molecule has 1 aliphatic rings. The average molecular weight is 191 g/mol. The highest BCUT2D eigenvalue weighted by molar-refractivity contribution is 5.06. The molecule has 0 unspecified atom stereocenters. The Hall–Kier alpha value is -1.48. The Bertz CT molecular complexity index is 338. The van der Waals surface area contributed by atoms with Gasteiger partial charge in [0.1, 0.15) is 5.82 Å². The van der Waals surface area contributed by atoms with Gasteiger partial charge in [-0.2, -0.15) is 0 Å². The number of rotatable bonds is 3. The zero-order chi connectivity index (χ0) is 9.80. The summed E-state index contributed by atoms with van der Waals surface area (Å²) in [6.07, 6.45) is 6.42. The first-order valence-corrected chi connectivity index (χ1v) is 4.96. The fourth-order valence-corrected chi connectivity index (χ4v) is 1.80. The van der Waals surface area contributed by atoms with Crippen LogP contribution in [-0.4, -0.2) is 16.1 Å². The van der Waals surface area contributed by atoms with E-state index < -0.39 is 0 Å². The molecule has 0 saturated heterocycles. The highest BCUT2D eigenvalue weighted by atomic mass is 15.1. The van der Waals surface area contributed by atoms with Crippen LogP contribution in [0.3, 0.4) is 0 Å². The first kappa shape index (κ1) is 9.09. The maximum Gasteiger partial charge on any atom is 0.108 e. The van der Waals surface area contributed by atoms with Crippen molar-refractivity contribution in [3.05, 3.63) is 28.2 Å². The summed E-state index contributed by atoms with van der Waals surface area (Å²) in [6, 6.07) is 0. The molecule has 0 fully saturated rings. The van der Waals surface area contributed by atoms with Crippen LogP contribution in [0.25, 0.3) is 10.4 Å². The quantitative estimate of drug-likeness (QED) is 0.409. The van der Waals surface area contributed by atoms with E-state index in [-0.39, 0.29) is 0 Å². The van der Waals surface area contributed by atoms with Crippen LogP contribution in [0, 0.1) is 0 Å². The van der Waals surface area contributed by atoms with Crippen LogP contribution in [0.2, 0.25) is 0 Å². The number of aryl methyl sites for hydroxylation is 2. The van der Waals surface area contributed by atoms with Gasteiger partial charge in [-0.25, -0.2) is 4.98 Å². The van der Waals surface area contributed by atoms with E-state index in [0.29, 0.717) is 6.54 Å². The lowest BCUT2D eigenvalue weighted by Crippen LogP contribution is -2.08. The first-order chi connectivity index (χ1) is 6.90. The molecular formula is C9H13N5. The number of hydrogen-bond donors (Lipinski definition) is 0. The predicted molar refractivity (Wildman–Crippen MR) is 52.9 cm³/mol. The standard InChI is InChI=1S/C9H13N5/c10-13-11-5-4-8-7-14-6-2-1-3-9(14)12-8/h7H,1-6H2. The first-order valence-electron chi connectivity index (χ1n) is 4.96. The van der Waals surface area contributed by atoms with Crippen LogP contribution in [0.5, 0.6) is 0 Å². The number of azide groups is 1. The van der Waals surface area contributed by atoms with Crippen molar-refractivity contribution in [1.82, 2.24) is 9.55 Å². The van der Waals surface area contributed by atoms with E-state index in [4.69, 9.17) is 5.53 Å². The van der Waals surface area contributed by atoms with Crippen LogP contribution in [0.15, 0.2) is 11.3 Å². The van der Waals surface area contributed by atoms with Gasteiger partial charge in [0.05, 0.1) is 5.69 Å². The lowest BCUT2D eigenvalue weighted by atomic mass is 10.2. The minimum Gasteiger partial charge on any atom is -0.335 e. The summed E-state index contributed by atoms with van der Waals surface area (Å²) in [5, 5.41) is 3.50. The topological polar surface area (TPSA) is 66.6 Å². The van der Waals surface area contributed by atoms with Crippen LogP contribution in [0.1, 0.15) is 24.4 Å². The number of aromatic nitrogens is 2. The van der Waals surface area contributed by atoms with Crippen molar-refractivity contribution in [2.45, 2.75) is 32.2 Å². The molecular weight excluding hydrogens is 178 g/mol. The largest absolute Gasteiger partial charge is 0.335 e. The van der Waals surface area contributed by atoms with Gasteiger partial charge in [0.2, 0.25) is 0 Å². The van der Waals surface area contributed by atoms with E-state index in [1.54, 1.807) is 0 Å². The van der Waals surface area contributed by atoms with Gasteiger partial charge in [-0.15, -0.1) is 0 Å². The number of imidazole rings is 1. The number of fused-ring (bicyclic) bond motifs is 1. The van der Waals surface area contributed by atoms with Gasteiger partial charge in [-0.05, 0) is 24.8 Å². The molecule has 0 bridgehead atoms. The maximum absolute atomic E-state index is 8.14. The van der Waals surface area contributed by atoms with E-state index in [0.717, 1.165) is 25.1 Å². The molecule has 0 spiro atoms. The van der Waals surface area contributed by atoms with Crippen molar-refractivity contribution >= 4 is 0 Å². The Morgan fingerprint density at radius 1 is 1.57 bits per heavy atom. The van der Waals surface area contributed by atoms with Crippen LogP contribution < -0.4 is 0 Å². The third-order valence-electron chi connectivity index (χ3n) is 2.49. The average Bonchev–Trinajstić information content (AvgIpc) is 2.60. The molecule has 0 radical (unpaired) electrons. The fourth-order valence-electron chi connectivity index (χ4n) is 1.80. The third kappa shape index (κ3) is 1.88. The van der Waals surface area contributed by atoms with Crippen LogP contribution >= 0.6 is 0 Å². The molecule has 0 aromatic carbocycles. The number of nitrogens with zero attached hydrogens (tertiary/aromatic N) is 5. The summed E-state index contributed by atoms with van der Waals surface area (Å²) in [5.41, 5.74) is 9.19. The van der Waals surface area contributed by atoms with Gasteiger partial charge >= 0.3 is 0 Å². The summed E-state index contributed by atoms with van der Waals surface area (Å²) in [4.78, 5) is 7.23. The Kier molecular flexibility index (Phi) is 2.70. The molecule has 2 rings (SSSR count). The molecule has 0 saturated carbocycles. The van der Waals surface area contributed by atoms with Crippen molar-refractivity contribution < 1.29 is 0 Å². The second kappa shape index (κ2) is 4.15. The fraction of sp³-hybridized carbons (Fsp3) is 0.667. The summed E-state index contributed by atoms with van der Waals surface area (Å²) in [7, 11) is 0. The Labute approximate surface area is 82.4 Å². The summed E-state index contributed by atoms with van der Waals surface area (Å²) in [6.45, 7) is 1.59. The highest BCUT2D eigenvalue weighted by Crippen LogP contribution is 2.14. The molecule has 2 heterocycles. The normalized spacial score (nSPS) is 14.6. The second-order valence-electron chi connectivity index (χ2n) is 3.50. The minimum absolute atomic E-state index is 0.507. The molecule has 0 aliphatic carbocycles. The second-order valence-corrected chi connectivity index (χ2v) is 3.50. The lowest BCUT2D eigenvalue weighted by molar-refractivity contribution is 0.522. The van der Waals surface area contributed by atoms with Crippen molar-refractivity contribution in [1.29, 1.82) is 0 Å². The molecule has 1 aromatic rings. The lowest BCUT2D eigenvalue weighted by Gasteiger charge is -2.11. The monoisotopic (exact) mass is 191 g/mol. The van der Waals surface area contributed by atoms with E-state index in [1.165, 1.54) is 18.7 Å². The Balaban J connectivity index is 2.04. The maximum atomic E-state index is 8.14. The van der Waals surface area contributed by atoms with Crippen molar-refractivity contribution in [2.75, 3.05) is 6.54 Å². The molecule has 14 heavy (non-hydrogen) atoms. The number of hydrogen-bond acceptors (Lipinski definition) is 2. The van der Waals surface area contributed by atoms with Gasteiger partial charge in [-0.1, -0.05) is 5.11 Å². The van der Waals surface area contributed by atoms with Crippen LogP contribution in [-0.2, 0) is 19.4 Å². The van der Waals surface area contributed by atoms with Crippen molar-refractivity contribution in [3.8, 4) is 0 Å². The molecule has 1 aromatic heterocycles. The summed E-state index contributed by atoms with van der Waals surface area (Å²) >= 11 is 0. The van der Waals surface area contributed by atoms with Crippen molar-refractivity contribution in [3.63, 3.8) is 0 Å². The molecule has 5 nitrogen and oxygen atoms in total. The van der Waals surface area contributed by atoms with Gasteiger partial charge in [0.25, 0.3) is 0 Å². The summed E-state index contributed by atoms with van der Waals surface area (Å²) < 4.78 is 2.22. The Morgan fingerprint density at radius 3 is 3.29 bits per heavy atom. The van der Waals surface area contributed by atoms with Crippen molar-refractivity contribution in [2.24, 2.45) is 5.11 Å². The summed E-state index contributed by atoms with van der Waals surface area (Å²) in [5.74, 6) is 1.19. The van der Waals surface area contributed by atoms with E-state index in [9.17, 15) is 0 Å². The molecule has 74 valence electrons. The molecule has 1 aliphatic heterocycles. The zero-order valence-electron chi connectivity index (χ0n) is 8.06. The Morgan fingerprint density at radius 2 is 2.50 bits per heavy atom. The SMILES string of the molecule is [N-]=[N+]=NCCc1cn2c(n1)CCCC2. The van der Waals surface area contributed by atoms with E-state index in [1.807, 2.05) is 0 Å². The van der Waals surface area contributed by atoms with Gasteiger partial charge in [-0.3, -0.25) is 0 Å². The van der Waals surface area contributed by atoms with Gasteiger partial charge < -0.3 is 4.57 Å². The highest BCUT2D eigenvalue weighted by Gasteiger charge is 2.11. The van der Waals surface area contributed by atoms with Crippen LogP contribution in [0.4, 0.5) is 0 Å². The minimum atomic E-state index is 0.507. The third-order valence-corrected chi connectivity index (χ3v) is 2.49. The molecule has 0 N–H and O–H groups in total. The zero-order valence-corrected chi connectivity index (χ0v) is 8.06. The smallest absolute Gasteiger partial charge is 0.108 e. The molecule has 5 heteroatoms. The molecule has 0 atom stereocenters. The van der Waals surface area contributed by atoms with Gasteiger partial charge in [0, 0.05) is 30.6 Å². The molecule has 0 amide bonds. The predicted octanol–water partition coefficient (Wildman–Crippen LogP) is 2.07.